The Hall–Kier alpha value is -1.99. The lowest BCUT2D eigenvalue weighted by molar-refractivity contribution is 0.383. The maximum Gasteiger partial charge on any atom is 0.243 e. The average molecular weight is 387 g/mol. The van der Waals surface area contributed by atoms with E-state index in [9.17, 15) is 8.42 Å². The standard InChI is InChI=1S/C20H26N4O2S/c1-2-3-16-4-8-18(9-5-16)27(25,26)24-14-12-23(13-15-24)20-11-10-19(21-22-20)17-6-7-17/h4-5,8-11,17H,2-3,6-7,12-15H2,1H3. The molecule has 0 spiro atoms. The summed E-state index contributed by atoms with van der Waals surface area (Å²) in [5.74, 6) is 1.43. The summed E-state index contributed by atoms with van der Waals surface area (Å²) >= 11 is 0. The van der Waals surface area contributed by atoms with Gasteiger partial charge >= 0.3 is 0 Å². The van der Waals surface area contributed by atoms with Crippen LogP contribution in [-0.4, -0.2) is 49.1 Å². The lowest BCUT2D eigenvalue weighted by Crippen LogP contribution is -2.49. The predicted octanol–water partition coefficient (Wildman–Crippen LogP) is 2.82. The van der Waals surface area contributed by atoms with Crippen molar-refractivity contribution in [2.24, 2.45) is 0 Å². The quantitative estimate of drug-likeness (QED) is 0.764. The van der Waals surface area contributed by atoms with E-state index in [0.717, 1.165) is 24.4 Å². The van der Waals surface area contributed by atoms with Crippen molar-refractivity contribution in [1.29, 1.82) is 0 Å². The van der Waals surface area contributed by atoms with Gasteiger partial charge in [-0.25, -0.2) is 8.42 Å². The topological polar surface area (TPSA) is 66.4 Å². The van der Waals surface area contributed by atoms with E-state index in [0.29, 0.717) is 37.0 Å². The number of anilines is 1. The van der Waals surface area contributed by atoms with E-state index < -0.39 is 10.0 Å². The fraction of sp³-hybridized carbons (Fsp3) is 0.500. The summed E-state index contributed by atoms with van der Waals surface area (Å²) in [5, 5.41) is 8.68. The Morgan fingerprint density at radius 1 is 0.963 bits per heavy atom. The highest BCUT2D eigenvalue weighted by Crippen LogP contribution is 2.38. The van der Waals surface area contributed by atoms with Crippen LogP contribution in [0.5, 0.6) is 0 Å². The van der Waals surface area contributed by atoms with Crippen LogP contribution < -0.4 is 4.90 Å². The number of hydrogen-bond acceptors (Lipinski definition) is 5. The van der Waals surface area contributed by atoms with Crippen LogP contribution in [0.25, 0.3) is 0 Å². The second-order valence-corrected chi connectivity index (χ2v) is 9.31. The number of aromatic nitrogens is 2. The van der Waals surface area contributed by atoms with Crippen LogP contribution in [0, 0.1) is 0 Å². The minimum atomic E-state index is -3.44. The number of sulfonamides is 1. The molecule has 1 saturated carbocycles. The molecule has 0 amide bonds. The van der Waals surface area contributed by atoms with Crippen molar-refractivity contribution in [1.82, 2.24) is 14.5 Å². The van der Waals surface area contributed by atoms with Gasteiger partial charge in [-0.15, -0.1) is 5.10 Å². The van der Waals surface area contributed by atoms with Crippen LogP contribution in [0.4, 0.5) is 5.82 Å². The summed E-state index contributed by atoms with van der Waals surface area (Å²) in [5.41, 5.74) is 2.25. The highest BCUT2D eigenvalue weighted by Gasteiger charge is 2.29. The third kappa shape index (κ3) is 3.99. The van der Waals surface area contributed by atoms with Gasteiger partial charge in [-0.1, -0.05) is 25.5 Å². The van der Waals surface area contributed by atoms with Crippen molar-refractivity contribution in [2.75, 3.05) is 31.1 Å². The lowest BCUT2D eigenvalue weighted by atomic mass is 10.1. The Kier molecular flexibility index (Phi) is 5.14. The SMILES string of the molecule is CCCc1ccc(S(=O)(=O)N2CCN(c3ccc(C4CC4)nn3)CC2)cc1. The normalized spacial score (nSPS) is 18.6. The number of hydrogen-bond donors (Lipinski definition) is 0. The molecule has 1 aromatic heterocycles. The van der Waals surface area contributed by atoms with E-state index in [1.54, 1.807) is 16.4 Å². The molecule has 2 fully saturated rings. The molecular formula is C20H26N4O2S. The Morgan fingerprint density at radius 3 is 2.22 bits per heavy atom. The molecule has 0 bridgehead atoms. The van der Waals surface area contributed by atoms with E-state index >= 15 is 0 Å². The molecule has 1 aromatic carbocycles. The minimum Gasteiger partial charge on any atom is -0.352 e. The average Bonchev–Trinajstić information content (AvgIpc) is 3.54. The van der Waals surface area contributed by atoms with Gasteiger partial charge in [0.15, 0.2) is 5.82 Å². The van der Waals surface area contributed by atoms with Crippen LogP contribution in [0.3, 0.4) is 0 Å². The zero-order valence-corrected chi connectivity index (χ0v) is 16.5. The predicted molar refractivity (Wildman–Crippen MR) is 105 cm³/mol. The summed E-state index contributed by atoms with van der Waals surface area (Å²) in [7, 11) is -3.44. The van der Waals surface area contributed by atoms with Crippen LogP contribution >= 0.6 is 0 Å². The van der Waals surface area contributed by atoms with Crippen molar-refractivity contribution in [3.63, 3.8) is 0 Å². The van der Waals surface area contributed by atoms with Gasteiger partial charge in [0.05, 0.1) is 10.6 Å². The second kappa shape index (κ2) is 7.56. The maximum atomic E-state index is 12.9. The smallest absolute Gasteiger partial charge is 0.243 e. The molecule has 2 aliphatic rings. The van der Waals surface area contributed by atoms with Gasteiger partial charge in [0.1, 0.15) is 0 Å². The molecular weight excluding hydrogens is 360 g/mol. The Balaban J connectivity index is 1.40. The zero-order valence-electron chi connectivity index (χ0n) is 15.7. The molecule has 144 valence electrons. The molecule has 0 N–H and O–H groups in total. The third-order valence-electron chi connectivity index (χ3n) is 5.33. The van der Waals surface area contributed by atoms with Crippen LogP contribution in [0.15, 0.2) is 41.3 Å². The Morgan fingerprint density at radius 2 is 1.67 bits per heavy atom. The fourth-order valence-electron chi connectivity index (χ4n) is 3.52. The van der Waals surface area contributed by atoms with Crippen molar-refractivity contribution >= 4 is 15.8 Å². The van der Waals surface area contributed by atoms with Crippen LogP contribution in [0.2, 0.25) is 0 Å². The minimum absolute atomic E-state index is 0.379. The zero-order chi connectivity index (χ0) is 18.9. The van der Waals surface area contributed by atoms with Gasteiger partial charge in [0.2, 0.25) is 10.0 Å². The molecule has 2 aromatic rings. The first kappa shape index (κ1) is 18.4. The van der Waals surface area contributed by atoms with Gasteiger partial charge in [-0.05, 0) is 49.1 Å². The molecule has 6 nitrogen and oxygen atoms in total. The summed E-state index contributed by atoms with van der Waals surface area (Å²) in [6.07, 6.45) is 4.45. The van der Waals surface area contributed by atoms with E-state index in [-0.39, 0.29) is 0 Å². The van der Waals surface area contributed by atoms with Crippen molar-refractivity contribution in [2.45, 2.75) is 43.4 Å². The molecule has 1 aliphatic carbocycles. The molecule has 0 atom stereocenters. The van der Waals surface area contributed by atoms with Crippen LogP contribution in [-0.2, 0) is 16.4 Å². The molecule has 1 saturated heterocycles. The monoisotopic (exact) mass is 386 g/mol. The van der Waals surface area contributed by atoms with Crippen molar-refractivity contribution < 1.29 is 8.42 Å². The van der Waals surface area contributed by atoms with Gasteiger partial charge < -0.3 is 4.90 Å². The largest absolute Gasteiger partial charge is 0.352 e. The number of piperazine rings is 1. The summed E-state index contributed by atoms with van der Waals surface area (Å²) in [6.45, 7) is 4.30. The molecule has 0 unspecified atom stereocenters. The molecule has 0 radical (unpaired) electrons. The van der Waals surface area contributed by atoms with E-state index in [1.165, 1.54) is 18.4 Å². The highest BCUT2D eigenvalue weighted by molar-refractivity contribution is 7.89. The summed E-state index contributed by atoms with van der Waals surface area (Å²) in [4.78, 5) is 2.49. The van der Waals surface area contributed by atoms with Crippen molar-refractivity contribution in [3.8, 4) is 0 Å². The summed E-state index contributed by atoms with van der Waals surface area (Å²) in [6, 6.07) is 11.4. The van der Waals surface area contributed by atoms with Crippen LogP contribution in [0.1, 0.15) is 43.4 Å². The number of rotatable bonds is 6. The molecule has 2 heterocycles. The number of aryl methyl sites for hydroxylation is 1. The first-order valence-corrected chi connectivity index (χ1v) is 11.2. The van der Waals surface area contributed by atoms with Gasteiger partial charge in [0, 0.05) is 32.1 Å². The summed E-state index contributed by atoms with van der Waals surface area (Å²) < 4.78 is 27.4. The first-order chi connectivity index (χ1) is 13.1. The number of nitrogens with zero attached hydrogens (tertiary/aromatic N) is 4. The molecule has 27 heavy (non-hydrogen) atoms. The van der Waals surface area contributed by atoms with Gasteiger partial charge in [-0.3, -0.25) is 0 Å². The Bertz CT molecular complexity index is 869. The van der Waals surface area contributed by atoms with Gasteiger partial charge in [0.25, 0.3) is 0 Å². The fourth-order valence-corrected chi connectivity index (χ4v) is 4.95. The third-order valence-corrected chi connectivity index (χ3v) is 7.24. The highest BCUT2D eigenvalue weighted by atomic mass is 32.2. The van der Waals surface area contributed by atoms with Gasteiger partial charge in [-0.2, -0.15) is 9.40 Å². The molecule has 1 aliphatic heterocycles. The van der Waals surface area contributed by atoms with E-state index in [1.807, 2.05) is 18.2 Å². The van der Waals surface area contributed by atoms with Crippen molar-refractivity contribution in [3.05, 3.63) is 47.7 Å². The van der Waals surface area contributed by atoms with E-state index in [4.69, 9.17) is 0 Å². The Labute approximate surface area is 161 Å². The second-order valence-electron chi connectivity index (χ2n) is 7.38. The molecule has 7 heteroatoms. The lowest BCUT2D eigenvalue weighted by Gasteiger charge is -2.34. The van der Waals surface area contributed by atoms with E-state index in [2.05, 4.69) is 28.1 Å². The number of benzene rings is 1. The molecule has 4 rings (SSSR count). The maximum absolute atomic E-state index is 12.9. The first-order valence-electron chi connectivity index (χ1n) is 9.75.